The van der Waals surface area contributed by atoms with Gasteiger partial charge >= 0.3 is 5.63 Å². The molecule has 0 atom stereocenters. The smallest absolute Gasteiger partial charge is 0.345 e. The lowest BCUT2D eigenvalue weighted by Crippen LogP contribution is -2.02. The van der Waals surface area contributed by atoms with Crippen molar-refractivity contribution >= 4 is 49.6 Å². The van der Waals surface area contributed by atoms with Crippen LogP contribution in [0, 0.1) is 5.82 Å². The Morgan fingerprint density at radius 2 is 2.07 bits per heavy atom. The third-order valence-electron chi connectivity index (χ3n) is 3.74. The molecule has 0 unspecified atom stereocenters. The summed E-state index contributed by atoms with van der Waals surface area (Å²) in [6.07, 6.45) is 1.48. The number of hydrazone groups is 1. The lowest BCUT2D eigenvalue weighted by molar-refractivity contribution is 0.563. The van der Waals surface area contributed by atoms with E-state index in [4.69, 9.17) is 4.42 Å². The first-order valence-electron chi connectivity index (χ1n) is 7.83. The van der Waals surface area contributed by atoms with Gasteiger partial charge in [0.15, 0.2) is 0 Å². The molecule has 0 saturated carbocycles. The van der Waals surface area contributed by atoms with E-state index in [9.17, 15) is 9.18 Å². The predicted octanol–water partition coefficient (Wildman–Crippen LogP) is 5.26. The van der Waals surface area contributed by atoms with Gasteiger partial charge in [-0.1, -0.05) is 34.1 Å². The number of para-hydroxylation sites is 1. The Morgan fingerprint density at radius 3 is 2.96 bits per heavy atom. The maximum absolute atomic E-state index is 13.3. The number of nitrogens with zero attached hydrogens (tertiary/aromatic N) is 2. The molecule has 0 aliphatic carbocycles. The summed E-state index contributed by atoms with van der Waals surface area (Å²) in [4.78, 5) is 16.6. The molecule has 4 rings (SSSR count). The zero-order valence-corrected chi connectivity index (χ0v) is 16.1. The third kappa shape index (κ3) is 3.81. The second kappa shape index (κ2) is 7.42. The molecule has 0 amide bonds. The van der Waals surface area contributed by atoms with Crippen molar-refractivity contribution in [3.8, 4) is 11.3 Å². The highest BCUT2D eigenvalue weighted by Gasteiger charge is 2.11. The van der Waals surface area contributed by atoms with Crippen molar-refractivity contribution in [3.63, 3.8) is 0 Å². The number of thiazole rings is 1. The topological polar surface area (TPSA) is 67.5 Å². The highest BCUT2D eigenvalue weighted by atomic mass is 79.9. The minimum absolute atomic E-state index is 0.348. The maximum Gasteiger partial charge on any atom is 0.345 e. The number of nitrogens with one attached hydrogen (secondary N) is 1. The van der Waals surface area contributed by atoms with Crippen molar-refractivity contribution in [2.45, 2.75) is 0 Å². The van der Waals surface area contributed by atoms with Gasteiger partial charge in [-0.15, -0.1) is 11.3 Å². The fourth-order valence-corrected chi connectivity index (χ4v) is 3.47. The van der Waals surface area contributed by atoms with E-state index >= 15 is 0 Å². The van der Waals surface area contributed by atoms with E-state index in [1.807, 2.05) is 18.2 Å². The average molecular weight is 444 g/mol. The second-order valence-corrected chi connectivity index (χ2v) is 7.27. The Hall–Kier alpha value is -2.84. The lowest BCUT2D eigenvalue weighted by Gasteiger charge is -1.99. The van der Waals surface area contributed by atoms with Crippen LogP contribution in [-0.2, 0) is 0 Å². The second-order valence-electron chi connectivity index (χ2n) is 5.56. The summed E-state index contributed by atoms with van der Waals surface area (Å²) in [6, 6.07) is 13.4. The number of aromatic nitrogens is 1. The number of benzene rings is 2. The quantitative estimate of drug-likeness (QED) is 0.265. The van der Waals surface area contributed by atoms with Crippen molar-refractivity contribution in [2.75, 3.05) is 5.43 Å². The van der Waals surface area contributed by atoms with Crippen molar-refractivity contribution in [1.29, 1.82) is 0 Å². The SMILES string of the molecule is O=c1oc2ccccc2cc1-c1csc(N/N=C/c2cc(F)ccc2Br)n1. The molecule has 0 aliphatic heterocycles. The van der Waals surface area contributed by atoms with E-state index in [-0.39, 0.29) is 5.82 Å². The molecular weight excluding hydrogens is 433 g/mol. The highest BCUT2D eigenvalue weighted by Crippen LogP contribution is 2.25. The third-order valence-corrected chi connectivity index (χ3v) is 5.21. The molecule has 0 bridgehead atoms. The van der Waals surface area contributed by atoms with E-state index in [1.165, 1.54) is 29.7 Å². The molecule has 0 fully saturated rings. The van der Waals surface area contributed by atoms with Crippen LogP contribution in [0.3, 0.4) is 0 Å². The molecule has 2 heterocycles. The molecule has 2 aromatic carbocycles. The van der Waals surface area contributed by atoms with Crippen molar-refractivity contribution < 1.29 is 8.81 Å². The molecule has 1 N–H and O–H groups in total. The van der Waals surface area contributed by atoms with Crippen LogP contribution in [0.1, 0.15) is 5.56 Å². The Kier molecular flexibility index (Phi) is 4.83. The van der Waals surface area contributed by atoms with Gasteiger partial charge in [0.25, 0.3) is 0 Å². The number of halogens is 2. The van der Waals surface area contributed by atoms with E-state index < -0.39 is 5.63 Å². The fraction of sp³-hybridized carbons (Fsp3) is 0. The molecule has 4 aromatic rings. The van der Waals surface area contributed by atoms with Gasteiger partial charge in [0.05, 0.1) is 17.5 Å². The first-order chi connectivity index (χ1) is 13.1. The standard InChI is InChI=1S/C19H11BrFN3O2S/c20-15-6-5-13(21)7-12(15)9-22-24-19-23-16(10-27-19)14-8-11-3-1-2-4-17(11)26-18(14)25/h1-10H,(H,23,24)/b22-9+. The van der Waals surface area contributed by atoms with Gasteiger partial charge < -0.3 is 4.42 Å². The van der Waals surface area contributed by atoms with Crippen LogP contribution >= 0.6 is 27.3 Å². The number of anilines is 1. The van der Waals surface area contributed by atoms with Crippen molar-refractivity contribution in [2.24, 2.45) is 5.10 Å². The number of fused-ring (bicyclic) bond motifs is 1. The summed E-state index contributed by atoms with van der Waals surface area (Å²) in [5.41, 5.74) is 4.35. The van der Waals surface area contributed by atoms with E-state index in [0.717, 1.165) is 9.86 Å². The summed E-state index contributed by atoms with van der Waals surface area (Å²) in [7, 11) is 0. The van der Waals surface area contributed by atoms with Gasteiger partial charge in [-0.25, -0.2) is 14.2 Å². The van der Waals surface area contributed by atoms with E-state index in [1.54, 1.807) is 23.6 Å². The number of hydrogen-bond donors (Lipinski definition) is 1. The minimum Gasteiger partial charge on any atom is -0.422 e. The summed E-state index contributed by atoms with van der Waals surface area (Å²) < 4.78 is 19.3. The highest BCUT2D eigenvalue weighted by molar-refractivity contribution is 9.10. The van der Waals surface area contributed by atoms with E-state index in [0.29, 0.717) is 27.5 Å². The van der Waals surface area contributed by atoms with Gasteiger partial charge in [0.2, 0.25) is 5.13 Å². The van der Waals surface area contributed by atoms with Crippen LogP contribution in [0.4, 0.5) is 9.52 Å². The Labute approximate surface area is 165 Å². The van der Waals surface area contributed by atoms with Gasteiger partial charge in [-0.3, -0.25) is 5.43 Å². The Balaban J connectivity index is 1.57. The predicted molar refractivity (Wildman–Crippen MR) is 109 cm³/mol. The number of hydrogen-bond acceptors (Lipinski definition) is 6. The Bertz CT molecular complexity index is 1220. The summed E-state index contributed by atoms with van der Waals surface area (Å²) in [5.74, 6) is -0.348. The molecule has 0 saturated heterocycles. The van der Waals surface area contributed by atoms with Gasteiger partial charge in [-0.05, 0) is 30.3 Å². The van der Waals surface area contributed by atoms with Crippen molar-refractivity contribution in [3.05, 3.63) is 80.2 Å². The molecule has 134 valence electrons. The monoisotopic (exact) mass is 443 g/mol. The summed E-state index contributed by atoms with van der Waals surface area (Å²) in [5, 5.41) is 7.14. The lowest BCUT2D eigenvalue weighted by atomic mass is 10.1. The molecule has 2 aromatic heterocycles. The summed E-state index contributed by atoms with van der Waals surface area (Å²) in [6.45, 7) is 0. The largest absolute Gasteiger partial charge is 0.422 e. The van der Waals surface area contributed by atoms with Crippen LogP contribution in [0.15, 0.2) is 72.7 Å². The van der Waals surface area contributed by atoms with Crippen LogP contribution < -0.4 is 11.1 Å². The van der Waals surface area contributed by atoms with Crippen LogP contribution in [0.5, 0.6) is 0 Å². The molecule has 0 spiro atoms. The summed E-state index contributed by atoms with van der Waals surface area (Å²) >= 11 is 4.63. The normalized spacial score (nSPS) is 11.3. The molecule has 5 nitrogen and oxygen atoms in total. The first-order valence-corrected chi connectivity index (χ1v) is 9.50. The minimum atomic E-state index is -0.447. The van der Waals surface area contributed by atoms with Crippen LogP contribution in [0.2, 0.25) is 0 Å². The van der Waals surface area contributed by atoms with E-state index in [2.05, 4.69) is 31.4 Å². The van der Waals surface area contributed by atoms with Crippen LogP contribution in [-0.4, -0.2) is 11.2 Å². The number of rotatable bonds is 4. The zero-order valence-electron chi connectivity index (χ0n) is 13.6. The average Bonchev–Trinajstić information content (AvgIpc) is 3.12. The van der Waals surface area contributed by atoms with Gasteiger partial charge in [-0.2, -0.15) is 5.10 Å². The molecule has 0 radical (unpaired) electrons. The van der Waals surface area contributed by atoms with Crippen LogP contribution in [0.25, 0.3) is 22.2 Å². The van der Waals surface area contributed by atoms with Gasteiger partial charge in [0.1, 0.15) is 11.4 Å². The Morgan fingerprint density at radius 1 is 1.22 bits per heavy atom. The van der Waals surface area contributed by atoms with Gasteiger partial charge in [0, 0.05) is 20.8 Å². The van der Waals surface area contributed by atoms with Crippen molar-refractivity contribution in [1.82, 2.24) is 4.98 Å². The zero-order chi connectivity index (χ0) is 18.8. The maximum atomic E-state index is 13.3. The molecule has 8 heteroatoms. The fourth-order valence-electron chi connectivity index (χ4n) is 2.46. The first kappa shape index (κ1) is 17.6. The molecule has 27 heavy (non-hydrogen) atoms. The molecular formula is C19H11BrFN3O2S. The molecule has 0 aliphatic rings.